The van der Waals surface area contributed by atoms with E-state index in [0.717, 1.165) is 11.6 Å². The summed E-state index contributed by atoms with van der Waals surface area (Å²) >= 11 is 0. The third kappa shape index (κ3) is 3.93. The van der Waals surface area contributed by atoms with Gasteiger partial charge in [0, 0.05) is 6.54 Å². The van der Waals surface area contributed by atoms with Crippen molar-refractivity contribution < 1.29 is 28.2 Å². The van der Waals surface area contributed by atoms with E-state index in [4.69, 9.17) is 14.2 Å². The van der Waals surface area contributed by atoms with Gasteiger partial charge in [-0.15, -0.1) is 0 Å². The molecule has 2 aromatic carbocycles. The van der Waals surface area contributed by atoms with Crippen LogP contribution >= 0.6 is 0 Å². The molecule has 1 amide bonds. The second-order valence-corrected chi connectivity index (χ2v) is 5.92. The molecule has 0 aliphatic carbocycles. The van der Waals surface area contributed by atoms with Crippen molar-refractivity contribution in [3.05, 3.63) is 58.9 Å². The third-order valence-corrected chi connectivity index (χ3v) is 3.96. The number of nitrogens with one attached hydrogen (secondary N) is 1. The Hall–Kier alpha value is -3.09. The number of hydrogen-bond acceptors (Lipinski definition) is 5. The van der Waals surface area contributed by atoms with Crippen molar-refractivity contribution in [1.82, 2.24) is 5.32 Å². The largest absolute Gasteiger partial charge is 0.454 e. The number of benzene rings is 2. The normalized spacial score (nSPS) is 13.2. The van der Waals surface area contributed by atoms with Gasteiger partial charge in [0.1, 0.15) is 5.82 Å². The third-order valence-electron chi connectivity index (χ3n) is 3.96. The lowest BCUT2D eigenvalue weighted by Crippen LogP contribution is -2.35. The van der Waals surface area contributed by atoms with Gasteiger partial charge in [0.05, 0.1) is 5.56 Å². The predicted molar refractivity (Wildman–Crippen MR) is 90.4 cm³/mol. The Kier molecular flexibility index (Phi) is 5.06. The van der Waals surface area contributed by atoms with Gasteiger partial charge in [0.15, 0.2) is 17.6 Å². The number of halogens is 1. The number of hydrogen-bond donors (Lipinski definition) is 1. The van der Waals surface area contributed by atoms with Crippen molar-refractivity contribution in [3.8, 4) is 11.5 Å². The van der Waals surface area contributed by atoms with E-state index in [1.807, 2.05) is 0 Å². The molecule has 26 heavy (non-hydrogen) atoms. The van der Waals surface area contributed by atoms with E-state index in [0.29, 0.717) is 17.1 Å². The molecule has 0 aromatic heterocycles. The summed E-state index contributed by atoms with van der Waals surface area (Å²) in [7, 11) is 0. The average molecular weight is 359 g/mol. The van der Waals surface area contributed by atoms with Crippen LogP contribution in [-0.4, -0.2) is 24.8 Å². The van der Waals surface area contributed by atoms with Crippen LogP contribution < -0.4 is 14.8 Å². The fourth-order valence-corrected chi connectivity index (χ4v) is 2.39. The number of carbonyl (C=O) groups excluding carboxylic acids is 2. The topological polar surface area (TPSA) is 73.9 Å². The van der Waals surface area contributed by atoms with Crippen LogP contribution in [-0.2, 0) is 16.1 Å². The van der Waals surface area contributed by atoms with E-state index in [-0.39, 0.29) is 18.9 Å². The molecule has 7 heteroatoms. The molecule has 0 spiro atoms. The van der Waals surface area contributed by atoms with Gasteiger partial charge in [-0.25, -0.2) is 9.18 Å². The van der Waals surface area contributed by atoms with E-state index in [2.05, 4.69) is 5.32 Å². The first-order valence-electron chi connectivity index (χ1n) is 8.07. The highest BCUT2D eigenvalue weighted by atomic mass is 19.1. The molecule has 1 aliphatic rings. The van der Waals surface area contributed by atoms with E-state index < -0.39 is 23.8 Å². The van der Waals surface area contributed by atoms with E-state index in [1.54, 1.807) is 25.1 Å². The minimum absolute atomic E-state index is 0.0588. The molecular weight excluding hydrogens is 341 g/mol. The summed E-state index contributed by atoms with van der Waals surface area (Å²) in [5, 5.41) is 2.68. The van der Waals surface area contributed by atoms with Gasteiger partial charge in [-0.05, 0) is 49.2 Å². The fraction of sp³-hybridized carbons (Fsp3) is 0.263. The lowest BCUT2D eigenvalue weighted by Gasteiger charge is -2.14. The second kappa shape index (κ2) is 7.43. The Labute approximate surface area is 149 Å². The van der Waals surface area contributed by atoms with Crippen molar-refractivity contribution in [1.29, 1.82) is 0 Å². The number of carbonyl (C=O) groups is 2. The van der Waals surface area contributed by atoms with Gasteiger partial charge in [-0.3, -0.25) is 4.79 Å². The zero-order valence-electron chi connectivity index (χ0n) is 14.4. The monoisotopic (exact) mass is 359 g/mol. The Bertz CT molecular complexity index is 852. The smallest absolute Gasteiger partial charge is 0.339 e. The quantitative estimate of drug-likeness (QED) is 0.831. The maximum absolute atomic E-state index is 13.5. The summed E-state index contributed by atoms with van der Waals surface area (Å²) in [6.07, 6.45) is -1.01. The first-order valence-corrected chi connectivity index (χ1v) is 8.07. The molecule has 0 fully saturated rings. The first-order chi connectivity index (χ1) is 12.4. The molecule has 1 atom stereocenters. The molecule has 0 saturated carbocycles. The van der Waals surface area contributed by atoms with Crippen LogP contribution in [0.3, 0.4) is 0 Å². The lowest BCUT2D eigenvalue weighted by atomic mass is 10.1. The zero-order chi connectivity index (χ0) is 18.7. The van der Waals surface area contributed by atoms with Gasteiger partial charge >= 0.3 is 5.97 Å². The zero-order valence-corrected chi connectivity index (χ0v) is 14.4. The predicted octanol–water partition coefficient (Wildman–Crippen LogP) is 2.72. The van der Waals surface area contributed by atoms with Crippen molar-refractivity contribution in [3.63, 3.8) is 0 Å². The standard InChI is InChI=1S/C19H18FNO5/c1-11-3-5-14(8-15(11)20)19(23)26-12(2)18(22)21-9-13-4-6-16-17(7-13)25-10-24-16/h3-8,12H,9-10H2,1-2H3,(H,21,22)/t12-/m0/s1. The minimum Gasteiger partial charge on any atom is -0.454 e. The van der Waals surface area contributed by atoms with Gasteiger partial charge in [0.2, 0.25) is 6.79 Å². The summed E-state index contributed by atoms with van der Waals surface area (Å²) in [4.78, 5) is 24.1. The lowest BCUT2D eigenvalue weighted by molar-refractivity contribution is -0.129. The Morgan fingerprint density at radius 1 is 1.19 bits per heavy atom. The number of aryl methyl sites for hydroxylation is 1. The molecule has 6 nitrogen and oxygen atoms in total. The Morgan fingerprint density at radius 2 is 1.96 bits per heavy atom. The molecule has 0 unspecified atom stereocenters. The number of fused-ring (bicyclic) bond motifs is 1. The highest BCUT2D eigenvalue weighted by molar-refractivity contribution is 5.92. The van der Waals surface area contributed by atoms with Crippen LogP contribution in [0.4, 0.5) is 4.39 Å². The molecule has 3 rings (SSSR count). The van der Waals surface area contributed by atoms with Crippen molar-refractivity contribution in [2.75, 3.05) is 6.79 Å². The maximum Gasteiger partial charge on any atom is 0.339 e. The molecule has 136 valence electrons. The van der Waals surface area contributed by atoms with Gasteiger partial charge in [0.25, 0.3) is 5.91 Å². The fourth-order valence-electron chi connectivity index (χ4n) is 2.39. The Morgan fingerprint density at radius 3 is 2.73 bits per heavy atom. The second-order valence-electron chi connectivity index (χ2n) is 5.92. The maximum atomic E-state index is 13.5. The summed E-state index contributed by atoms with van der Waals surface area (Å²) in [5.41, 5.74) is 1.31. The number of amides is 1. The first kappa shape index (κ1) is 17.7. The van der Waals surface area contributed by atoms with Crippen LogP contribution in [0.5, 0.6) is 11.5 Å². The minimum atomic E-state index is -1.01. The van der Waals surface area contributed by atoms with Gasteiger partial charge < -0.3 is 19.5 Å². The highest BCUT2D eigenvalue weighted by Crippen LogP contribution is 2.32. The van der Waals surface area contributed by atoms with Crippen molar-refractivity contribution in [2.45, 2.75) is 26.5 Å². The summed E-state index contributed by atoms with van der Waals surface area (Å²) in [6.45, 7) is 3.47. The van der Waals surface area contributed by atoms with Crippen LogP contribution in [0, 0.1) is 12.7 Å². The van der Waals surface area contributed by atoms with Crippen molar-refractivity contribution in [2.24, 2.45) is 0 Å². The number of ether oxygens (including phenoxy) is 3. The summed E-state index contributed by atoms with van der Waals surface area (Å²) in [5.74, 6) is -0.428. The van der Waals surface area contributed by atoms with Crippen LogP contribution in [0.15, 0.2) is 36.4 Å². The highest BCUT2D eigenvalue weighted by Gasteiger charge is 2.20. The van der Waals surface area contributed by atoms with Crippen LogP contribution in [0.25, 0.3) is 0 Å². The molecular formula is C19H18FNO5. The molecule has 0 saturated heterocycles. The molecule has 2 aromatic rings. The number of esters is 1. The van der Waals surface area contributed by atoms with E-state index >= 15 is 0 Å². The van der Waals surface area contributed by atoms with E-state index in [1.165, 1.54) is 19.1 Å². The van der Waals surface area contributed by atoms with E-state index in [9.17, 15) is 14.0 Å². The average Bonchev–Trinajstić information content (AvgIpc) is 3.09. The molecule has 1 heterocycles. The summed E-state index contributed by atoms with van der Waals surface area (Å²) < 4.78 is 29.1. The van der Waals surface area contributed by atoms with Crippen LogP contribution in [0.1, 0.15) is 28.4 Å². The van der Waals surface area contributed by atoms with Crippen LogP contribution in [0.2, 0.25) is 0 Å². The van der Waals surface area contributed by atoms with Crippen molar-refractivity contribution >= 4 is 11.9 Å². The van der Waals surface area contributed by atoms with Gasteiger partial charge in [-0.1, -0.05) is 12.1 Å². The summed E-state index contributed by atoms with van der Waals surface area (Å²) in [6, 6.07) is 9.37. The van der Waals surface area contributed by atoms with Gasteiger partial charge in [-0.2, -0.15) is 0 Å². The molecule has 1 N–H and O–H groups in total. The SMILES string of the molecule is Cc1ccc(C(=O)O[C@@H](C)C(=O)NCc2ccc3c(c2)OCO3)cc1F. The number of rotatable bonds is 5. The Balaban J connectivity index is 1.54. The molecule has 0 bridgehead atoms. The molecule has 1 aliphatic heterocycles. The molecule has 0 radical (unpaired) electrons.